The van der Waals surface area contributed by atoms with Crippen molar-refractivity contribution in [3.05, 3.63) is 53.1 Å². The van der Waals surface area contributed by atoms with Crippen molar-refractivity contribution in [2.24, 2.45) is 0 Å². The van der Waals surface area contributed by atoms with Gasteiger partial charge in [-0.25, -0.2) is 13.4 Å². The molecule has 3 aromatic rings. The Bertz CT molecular complexity index is 1290. The Labute approximate surface area is 205 Å². The Kier molecular flexibility index (Phi) is 6.12. The van der Waals surface area contributed by atoms with Crippen LogP contribution >= 0.6 is 11.3 Å². The number of thiazole rings is 1. The lowest BCUT2D eigenvalue weighted by Gasteiger charge is -2.37. The van der Waals surface area contributed by atoms with Gasteiger partial charge in [0.2, 0.25) is 15.9 Å². The zero-order valence-corrected chi connectivity index (χ0v) is 21.5. The van der Waals surface area contributed by atoms with Gasteiger partial charge in [0.1, 0.15) is 6.04 Å². The van der Waals surface area contributed by atoms with Crippen molar-refractivity contribution >= 4 is 42.6 Å². The summed E-state index contributed by atoms with van der Waals surface area (Å²) in [5.41, 5.74) is 4.47. The van der Waals surface area contributed by atoms with Gasteiger partial charge in [-0.1, -0.05) is 41.2 Å². The van der Waals surface area contributed by atoms with Gasteiger partial charge in [-0.15, -0.1) is 0 Å². The lowest BCUT2D eigenvalue weighted by atomic mass is 10.1. The summed E-state index contributed by atoms with van der Waals surface area (Å²) in [5.74, 6) is -0.0798. The molecule has 7 nitrogen and oxygen atoms in total. The van der Waals surface area contributed by atoms with Gasteiger partial charge in [-0.2, -0.15) is 4.31 Å². The second-order valence-corrected chi connectivity index (χ2v) is 12.1. The third kappa shape index (κ3) is 4.10. The summed E-state index contributed by atoms with van der Waals surface area (Å²) in [7, 11) is -3.70. The van der Waals surface area contributed by atoms with E-state index < -0.39 is 16.1 Å². The van der Waals surface area contributed by atoms with E-state index in [2.05, 4.69) is 30.9 Å². The number of rotatable bonds is 4. The highest BCUT2D eigenvalue weighted by molar-refractivity contribution is 7.89. The second-order valence-electron chi connectivity index (χ2n) is 9.27. The summed E-state index contributed by atoms with van der Waals surface area (Å²) >= 11 is 1.71. The van der Waals surface area contributed by atoms with Crippen LogP contribution in [0.5, 0.6) is 0 Å². The molecule has 180 valence electrons. The minimum atomic E-state index is -3.70. The summed E-state index contributed by atoms with van der Waals surface area (Å²) in [6.07, 6.45) is 1.27. The molecule has 0 unspecified atom stereocenters. The highest BCUT2D eigenvalue weighted by Gasteiger charge is 2.41. The molecule has 2 aliphatic rings. The number of fused-ring (bicyclic) bond motifs is 1. The van der Waals surface area contributed by atoms with Gasteiger partial charge in [0, 0.05) is 32.7 Å². The van der Waals surface area contributed by atoms with Crippen molar-refractivity contribution in [1.29, 1.82) is 0 Å². The van der Waals surface area contributed by atoms with E-state index in [1.807, 2.05) is 11.8 Å². The van der Waals surface area contributed by atoms with Gasteiger partial charge in [0.25, 0.3) is 0 Å². The first-order valence-corrected chi connectivity index (χ1v) is 14.0. The molecule has 0 saturated carbocycles. The Hall–Kier alpha value is -2.49. The lowest BCUT2D eigenvalue weighted by Crippen LogP contribution is -2.54. The number of piperazine rings is 1. The Morgan fingerprint density at radius 1 is 0.941 bits per heavy atom. The molecule has 1 aromatic heterocycles. The number of hydrogen-bond acceptors (Lipinski definition) is 6. The highest BCUT2D eigenvalue weighted by atomic mass is 32.2. The normalized spacial score (nSPS) is 19.8. The third-order valence-corrected chi connectivity index (χ3v) is 10.1. The topological polar surface area (TPSA) is 73.8 Å². The van der Waals surface area contributed by atoms with Crippen LogP contribution in [-0.4, -0.2) is 67.3 Å². The molecule has 2 aromatic carbocycles. The molecule has 0 N–H and O–H groups in total. The Morgan fingerprint density at radius 2 is 1.62 bits per heavy atom. The van der Waals surface area contributed by atoms with Crippen LogP contribution in [0.3, 0.4) is 0 Å². The van der Waals surface area contributed by atoms with Crippen molar-refractivity contribution in [2.75, 3.05) is 37.6 Å². The predicted molar refractivity (Wildman–Crippen MR) is 136 cm³/mol. The van der Waals surface area contributed by atoms with Gasteiger partial charge in [-0.3, -0.25) is 4.79 Å². The quantitative estimate of drug-likeness (QED) is 0.548. The van der Waals surface area contributed by atoms with Crippen LogP contribution in [0.25, 0.3) is 10.2 Å². The number of amides is 1. The van der Waals surface area contributed by atoms with Crippen molar-refractivity contribution < 1.29 is 13.2 Å². The molecule has 2 fully saturated rings. The monoisotopic (exact) mass is 498 g/mol. The smallest absolute Gasteiger partial charge is 0.243 e. The standard InChI is InChI=1S/C25H30N4O3S2/c1-17-6-10-20(11-7-17)34(31,32)29-12-4-5-21(29)24(30)27-13-15-28(16-14-27)25-26-22-18(2)8-9-19(3)23(22)33-25/h6-11,21H,4-5,12-16H2,1-3H3/t21-/m1/s1. The van der Waals surface area contributed by atoms with Crippen molar-refractivity contribution in [3.8, 4) is 0 Å². The van der Waals surface area contributed by atoms with Crippen LogP contribution < -0.4 is 4.90 Å². The first-order valence-electron chi connectivity index (χ1n) is 11.7. The van der Waals surface area contributed by atoms with Crippen LogP contribution in [0.4, 0.5) is 5.13 Å². The molecule has 3 heterocycles. The van der Waals surface area contributed by atoms with E-state index in [1.165, 1.54) is 20.1 Å². The minimum absolute atomic E-state index is 0.0798. The van der Waals surface area contributed by atoms with Gasteiger partial charge in [-0.05, 0) is 56.9 Å². The van der Waals surface area contributed by atoms with Crippen LogP contribution in [0.2, 0.25) is 0 Å². The SMILES string of the molecule is Cc1ccc(S(=O)(=O)N2CCC[C@@H]2C(=O)N2CCN(c3nc4c(C)ccc(C)c4s3)CC2)cc1. The number of carbonyl (C=O) groups is 1. The molecule has 0 aliphatic carbocycles. The number of nitrogens with zero attached hydrogens (tertiary/aromatic N) is 4. The van der Waals surface area contributed by atoms with Gasteiger partial charge < -0.3 is 9.80 Å². The molecule has 0 bridgehead atoms. The number of aromatic nitrogens is 1. The number of carbonyl (C=O) groups excluding carboxylic acids is 1. The maximum Gasteiger partial charge on any atom is 0.243 e. The van der Waals surface area contributed by atoms with Crippen LogP contribution in [0.1, 0.15) is 29.5 Å². The van der Waals surface area contributed by atoms with E-state index >= 15 is 0 Å². The van der Waals surface area contributed by atoms with E-state index in [4.69, 9.17) is 4.98 Å². The van der Waals surface area contributed by atoms with Crippen molar-refractivity contribution in [3.63, 3.8) is 0 Å². The van der Waals surface area contributed by atoms with E-state index in [0.717, 1.165) is 16.2 Å². The number of aryl methyl sites for hydroxylation is 3. The first kappa shape index (κ1) is 23.3. The second kappa shape index (κ2) is 8.94. The molecule has 1 amide bonds. The predicted octanol–water partition coefficient (Wildman–Crippen LogP) is 3.72. The number of sulfonamides is 1. The molecule has 2 aliphatic heterocycles. The summed E-state index contributed by atoms with van der Waals surface area (Å²) in [4.78, 5) is 22.6. The third-order valence-electron chi connectivity index (χ3n) is 6.91. The van der Waals surface area contributed by atoms with E-state index in [1.54, 1.807) is 35.6 Å². The summed E-state index contributed by atoms with van der Waals surface area (Å²) < 4.78 is 29.1. The zero-order chi connectivity index (χ0) is 24.0. The zero-order valence-electron chi connectivity index (χ0n) is 19.8. The molecule has 5 rings (SSSR count). The van der Waals surface area contributed by atoms with Gasteiger partial charge in [0.05, 0.1) is 15.1 Å². The molecule has 9 heteroatoms. The maximum atomic E-state index is 13.4. The fourth-order valence-electron chi connectivity index (χ4n) is 4.83. The van der Waals surface area contributed by atoms with E-state index in [-0.39, 0.29) is 10.8 Å². The van der Waals surface area contributed by atoms with Gasteiger partial charge in [0.15, 0.2) is 5.13 Å². The number of hydrogen-bond donors (Lipinski definition) is 0. The average Bonchev–Trinajstić information content (AvgIpc) is 3.50. The van der Waals surface area contributed by atoms with Crippen LogP contribution in [-0.2, 0) is 14.8 Å². The fourth-order valence-corrected chi connectivity index (χ4v) is 7.65. The minimum Gasteiger partial charge on any atom is -0.345 e. The lowest BCUT2D eigenvalue weighted by molar-refractivity contribution is -0.134. The molecule has 0 radical (unpaired) electrons. The van der Waals surface area contributed by atoms with Gasteiger partial charge >= 0.3 is 0 Å². The molecular weight excluding hydrogens is 468 g/mol. The Morgan fingerprint density at radius 3 is 2.29 bits per heavy atom. The average molecular weight is 499 g/mol. The molecule has 0 spiro atoms. The highest BCUT2D eigenvalue weighted by Crippen LogP contribution is 2.34. The molecule has 2 saturated heterocycles. The molecule has 1 atom stereocenters. The fraction of sp³-hybridized carbons (Fsp3) is 0.440. The number of benzene rings is 2. The summed E-state index contributed by atoms with van der Waals surface area (Å²) in [6.45, 7) is 9.04. The summed E-state index contributed by atoms with van der Waals surface area (Å²) in [5, 5.41) is 0.990. The first-order chi connectivity index (χ1) is 16.3. The van der Waals surface area contributed by atoms with Crippen LogP contribution in [0, 0.1) is 20.8 Å². The molecule has 34 heavy (non-hydrogen) atoms. The number of anilines is 1. The van der Waals surface area contributed by atoms with E-state index in [0.29, 0.717) is 45.6 Å². The van der Waals surface area contributed by atoms with Crippen molar-refractivity contribution in [2.45, 2.75) is 44.6 Å². The Balaban J connectivity index is 1.28. The summed E-state index contributed by atoms with van der Waals surface area (Å²) in [6, 6.07) is 10.5. The largest absolute Gasteiger partial charge is 0.345 e. The van der Waals surface area contributed by atoms with Crippen molar-refractivity contribution in [1.82, 2.24) is 14.2 Å². The maximum absolute atomic E-state index is 13.4. The van der Waals surface area contributed by atoms with E-state index in [9.17, 15) is 13.2 Å². The van der Waals surface area contributed by atoms with Crippen LogP contribution in [0.15, 0.2) is 41.3 Å². The molecular formula is C25H30N4O3S2.